The molecular formula is C17H22N2O4S. The van der Waals surface area contributed by atoms with E-state index in [4.69, 9.17) is 0 Å². The molecule has 2 aliphatic heterocycles. The Balaban J connectivity index is 1.72. The summed E-state index contributed by atoms with van der Waals surface area (Å²) in [6.07, 6.45) is 3.57. The summed E-state index contributed by atoms with van der Waals surface area (Å²) in [5, 5.41) is 0. The fourth-order valence-electron chi connectivity index (χ4n) is 3.51. The molecule has 130 valence electrons. The number of carbonyl (C=O) groups excluding carboxylic acids is 2. The molecule has 0 spiro atoms. The molecule has 1 unspecified atom stereocenters. The third-order valence-electron chi connectivity index (χ3n) is 4.85. The number of nitrogens with zero attached hydrogens (tertiary/aromatic N) is 2. The number of amides is 2. The molecule has 1 aromatic rings. The molecule has 0 N–H and O–H groups in total. The quantitative estimate of drug-likeness (QED) is 0.760. The van der Waals surface area contributed by atoms with E-state index in [1.165, 1.54) is 0 Å². The molecule has 2 heterocycles. The van der Waals surface area contributed by atoms with Crippen molar-refractivity contribution < 1.29 is 18.0 Å². The Bertz CT molecular complexity index is 725. The van der Waals surface area contributed by atoms with E-state index in [1.807, 2.05) is 6.92 Å². The predicted octanol–water partition coefficient (Wildman–Crippen LogP) is 1.88. The molecule has 0 aliphatic carbocycles. The maximum absolute atomic E-state index is 12.7. The van der Waals surface area contributed by atoms with Gasteiger partial charge in [-0.1, -0.05) is 25.5 Å². The molecule has 2 aliphatic rings. The van der Waals surface area contributed by atoms with Crippen LogP contribution < -0.4 is 0 Å². The number of imide groups is 1. The lowest BCUT2D eigenvalue weighted by molar-refractivity contribution is 0.0663. The summed E-state index contributed by atoms with van der Waals surface area (Å²) in [5.74, 6) is -1.03. The van der Waals surface area contributed by atoms with Gasteiger partial charge in [-0.05, 0) is 31.4 Å². The molecule has 0 bridgehead atoms. The SMILES string of the molecule is CCC1CCCCN1S(=O)(=O)CCN1C(=O)c2ccccc2C1=O. The van der Waals surface area contributed by atoms with Gasteiger partial charge < -0.3 is 0 Å². The van der Waals surface area contributed by atoms with Crippen LogP contribution in [0.5, 0.6) is 0 Å². The molecule has 1 aromatic carbocycles. The smallest absolute Gasteiger partial charge is 0.261 e. The third kappa shape index (κ3) is 2.98. The molecule has 1 fully saturated rings. The molecule has 1 saturated heterocycles. The van der Waals surface area contributed by atoms with E-state index in [0.717, 1.165) is 30.6 Å². The van der Waals surface area contributed by atoms with Gasteiger partial charge in [0.1, 0.15) is 0 Å². The summed E-state index contributed by atoms with van der Waals surface area (Å²) in [4.78, 5) is 25.7. The minimum Gasteiger partial charge on any atom is -0.273 e. The minimum atomic E-state index is -3.48. The fourth-order valence-corrected chi connectivity index (χ4v) is 5.28. The van der Waals surface area contributed by atoms with Crippen LogP contribution in [-0.2, 0) is 10.0 Å². The van der Waals surface area contributed by atoms with Crippen molar-refractivity contribution in [1.29, 1.82) is 0 Å². The number of rotatable bonds is 5. The van der Waals surface area contributed by atoms with E-state index >= 15 is 0 Å². The monoisotopic (exact) mass is 350 g/mol. The highest BCUT2D eigenvalue weighted by molar-refractivity contribution is 7.89. The van der Waals surface area contributed by atoms with Crippen molar-refractivity contribution in [3.63, 3.8) is 0 Å². The zero-order valence-electron chi connectivity index (χ0n) is 13.8. The summed E-state index contributed by atoms with van der Waals surface area (Å²) in [6, 6.07) is 6.63. The first-order valence-corrected chi connectivity index (χ1v) is 10.0. The Morgan fingerprint density at radius 3 is 2.29 bits per heavy atom. The number of hydrogen-bond donors (Lipinski definition) is 0. The second-order valence-electron chi connectivity index (χ2n) is 6.29. The van der Waals surface area contributed by atoms with Crippen LogP contribution in [0.15, 0.2) is 24.3 Å². The van der Waals surface area contributed by atoms with Gasteiger partial charge in [-0.3, -0.25) is 14.5 Å². The van der Waals surface area contributed by atoms with Crippen molar-refractivity contribution >= 4 is 21.8 Å². The average molecular weight is 350 g/mol. The zero-order valence-corrected chi connectivity index (χ0v) is 14.6. The number of piperidine rings is 1. The number of fused-ring (bicyclic) bond motifs is 1. The highest BCUT2D eigenvalue weighted by Gasteiger charge is 2.37. The molecule has 0 saturated carbocycles. The van der Waals surface area contributed by atoms with Crippen molar-refractivity contribution in [2.75, 3.05) is 18.8 Å². The Hall–Kier alpha value is -1.73. The number of hydrogen-bond acceptors (Lipinski definition) is 4. The van der Waals surface area contributed by atoms with Crippen LogP contribution in [0.25, 0.3) is 0 Å². The van der Waals surface area contributed by atoms with E-state index in [9.17, 15) is 18.0 Å². The van der Waals surface area contributed by atoms with E-state index in [0.29, 0.717) is 17.7 Å². The molecule has 6 nitrogen and oxygen atoms in total. The van der Waals surface area contributed by atoms with Gasteiger partial charge in [-0.2, -0.15) is 4.31 Å². The van der Waals surface area contributed by atoms with Gasteiger partial charge in [0.05, 0.1) is 16.9 Å². The van der Waals surface area contributed by atoms with E-state index in [1.54, 1.807) is 28.6 Å². The lowest BCUT2D eigenvalue weighted by Crippen LogP contribution is -2.46. The second-order valence-corrected chi connectivity index (χ2v) is 8.33. The molecule has 3 rings (SSSR count). The Labute approximate surface area is 142 Å². The fraction of sp³-hybridized carbons (Fsp3) is 0.529. The van der Waals surface area contributed by atoms with Crippen LogP contribution in [0.2, 0.25) is 0 Å². The lowest BCUT2D eigenvalue weighted by Gasteiger charge is -2.34. The maximum atomic E-state index is 12.7. The van der Waals surface area contributed by atoms with Crippen molar-refractivity contribution in [1.82, 2.24) is 9.21 Å². The third-order valence-corrected chi connectivity index (χ3v) is 6.75. The second kappa shape index (κ2) is 6.64. The van der Waals surface area contributed by atoms with Gasteiger partial charge in [-0.25, -0.2) is 8.42 Å². The van der Waals surface area contributed by atoms with Gasteiger partial charge >= 0.3 is 0 Å². The van der Waals surface area contributed by atoms with E-state index in [2.05, 4.69) is 0 Å². The van der Waals surface area contributed by atoms with Gasteiger partial charge in [0, 0.05) is 19.1 Å². The first-order valence-electron chi connectivity index (χ1n) is 8.40. The topological polar surface area (TPSA) is 74.8 Å². The predicted molar refractivity (Wildman–Crippen MR) is 90.2 cm³/mol. The van der Waals surface area contributed by atoms with Gasteiger partial charge in [0.25, 0.3) is 11.8 Å². The minimum absolute atomic E-state index is 0.0333. The summed E-state index contributed by atoms with van der Waals surface area (Å²) in [5.41, 5.74) is 0.702. The first-order chi connectivity index (χ1) is 11.5. The summed E-state index contributed by atoms with van der Waals surface area (Å²) < 4.78 is 26.9. The van der Waals surface area contributed by atoms with Crippen molar-refractivity contribution in [3.05, 3.63) is 35.4 Å². The normalized spacial score (nSPS) is 22.0. The summed E-state index contributed by atoms with van der Waals surface area (Å²) >= 11 is 0. The lowest BCUT2D eigenvalue weighted by atomic mass is 10.0. The largest absolute Gasteiger partial charge is 0.273 e. The van der Waals surface area contributed by atoms with Crippen LogP contribution in [-0.4, -0.2) is 54.3 Å². The molecule has 7 heteroatoms. The highest BCUT2D eigenvalue weighted by atomic mass is 32.2. The Morgan fingerprint density at radius 2 is 1.71 bits per heavy atom. The van der Waals surface area contributed by atoms with E-state index < -0.39 is 21.8 Å². The molecule has 0 aromatic heterocycles. The molecule has 2 amide bonds. The Kier molecular flexibility index (Phi) is 4.73. The van der Waals surface area contributed by atoms with Crippen LogP contribution in [0, 0.1) is 0 Å². The van der Waals surface area contributed by atoms with Gasteiger partial charge in [-0.15, -0.1) is 0 Å². The molecule has 24 heavy (non-hydrogen) atoms. The van der Waals surface area contributed by atoms with Gasteiger partial charge in [0.2, 0.25) is 10.0 Å². The zero-order chi connectivity index (χ0) is 17.3. The number of benzene rings is 1. The average Bonchev–Trinajstić information content (AvgIpc) is 2.84. The first kappa shape index (κ1) is 17.1. The van der Waals surface area contributed by atoms with Crippen LogP contribution in [0.1, 0.15) is 53.3 Å². The number of carbonyl (C=O) groups is 2. The van der Waals surface area contributed by atoms with Crippen LogP contribution in [0.4, 0.5) is 0 Å². The van der Waals surface area contributed by atoms with Crippen molar-refractivity contribution in [2.45, 2.75) is 38.6 Å². The molecule has 1 atom stereocenters. The van der Waals surface area contributed by atoms with E-state index in [-0.39, 0.29) is 18.3 Å². The van der Waals surface area contributed by atoms with Crippen molar-refractivity contribution in [3.8, 4) is 0 Å². The van der Waals surface area contributed by atoms with Gasteiger partial charge in [0.15, 0.2) is 0 Å². The van der Waals surface area contributed by atoms with Crippen LogP contribution >= 0.6 is 0 Å². The molecule has 0 radical (unpaired) electrons. The summed E-state index contributed by atoms with van der Waals surface area (Å²) in [6.45, 7) is 2.42. The number of sulfonamides is 1. The van der Waals surface area contributed by atoms with Crippen LogP contribution in [0.3, 0.4) is 0 Å². The standard InChI is InChI=1S/C17H22N2O4S/c1-2-13-7-5-6-10-19(13)24(22,23)12-11-18-16(20)14-8-3-4-9-15(14)17(18)21/h3-4,8-9,13H,2,5-7,10-12H2,1H3. The molecular weight excluding hydrogens is 328 g/mol. The Morgan fingerprint density at radius 1 is 1.08 bits per heavy atom. The maximum Gasteiger partial charge on any atom is 0.261 e. The summed E-state index contributed by atoms with van der Waals surface area (Å²) in [7, 11) is -3.48. The van der Waals surface area contributed by atoms with Crippen molar-refractivity contribution in [2.24, 2.45) is 0 Å². The highest BCUT2D eigenvalue weighted by Crippen LogP contribution is 2.25.